The van der Waals surface area contributed by atoms with Crippen molar-refractivity contribution >= 4 is 0 Å². The zero-order chi connectivity index (χ0) is 13.8. The highest BCUT2D eigenvalue weighted by molar-refractivity contribution is 5.21. The molecular formula is C15H23FN2O. The molecule has 0 bridgehead atoms. The van der Waals surface area contributed by atoms with Crippen LogP contribution in [0.5, 0.6) is 0 Å². The van der Waals surface area contributed by atoms with E-state index in [9.17, 15) is 9.50 Å². The van der Waals surface area contributed by atoms with E-state index in [1.54, 1.807) is 0 Å². The van der Waals surface area contributed by atoms with Crippen LogP contribution in [-0.4, -0.2) is 35.7 Å². The van der Waals surface area contributed by atoms with E-state index in [1.807, 2.05) is 19.1 Å². The lowest BCUT2D eigenvalue weighted by atomic mass is 9.92. The van der Waals surface area contributed by atoms with Crippen LogP contribution in [0.3, 0.4) is 0 Å². The maximum Gasteiger partial charge on any atom is 0.123 e. The molecule has 106 valence electrons. The van der Waals surface area contributed by atoms with Gasteiger partial charge in [-0.2, -0.15) is 0 Å². The molecule has 0 saturated carbocycles. The van der Waals surface area contributed by atoms with Gasteiger partial charge in [0.05, 0.1) is 0 Å². The van der Waals surface area contributed by atoms with Crippen LogP contribution in [0.2, 0.25) is 0 Å². The number of rotatable bonds is 4. The third-order valence-electron chi connectivity index (χ3n) is 4.01. The molecule has 4 heteroatoms. The van der Waals surface area contributed by atoms with Crippen molar-refractivity contribution in [3.63, 3.8) is 0 Å². The number of hydrogen-bond donors (Lipinski definition) is 2. The SMILES string of the molecule is CC(N)C(c1ccc(F)cc1)N1CCC(CO)CC1. The Balaban J connectivity index is 2.10. The molecule has 0 aromatic heterocycles. The topological polar surface area (TPSA) is 49.5 Å². The van der Waals surface area contributed by atoms with Crippen molar-refractivity contribution in [3.8, 4) is 0 Å². The van der Waals surface area contributed by atoms with Crippen LogP contribution in [0.1, 0.15) is 31.4 Å². The maximum atomic E-state index is 13.0. The van der Waals surface area contributed by atoms with E-state index < -0.39 is 0 Å². The highest BCUT2D eigenvalue weighted by atomic mass is 19.1. The van der Waals surface area contributed by atoms with Gasteiger partial charge in [-0.25, -0.2) is 4.39 Å². The lowest BCUT2D eigenvalue weighted by Gasteiger charge is -2.39. The van der Waals surface area contributed by atoms with Crippen molar-refractivity contribution in [1.82, 2.24) is 4.90 Å². The summed E-state index contributed by atoms with van der Waals surface area (Å²) in [5.41, 5.74) is 7.19. The van der Waals surface area contributed by atoms with Gasteiger partial charge < -0.3 is 10.8 Å². The zero-order valence-electron chi connectivity index (χ0n) is 11.4. The summed E-state index contributed by atoms with van der Waals surface area (Å²) in [6, 6.07) is 6.75. The lowest BCUT2D eigenvalue weighted by molar-refractivity contribution is 0.0915. The molecule has 1 aromatic carbocycles. The minimum Gasteiger partial charge on any atom is -0.396 e. The van der Waals surface area contributed by atoms with Crippen LogP contribution in [0.4, 0.5) is 4.39 Å². The van der Waals surface area contributed by atoms with E-state index in [4.69, 9.17) is 5.73 Å². The predicted octanol–water partition coefficient (Wildman–Crippen LogP) is 1.92. The average Bonchev–Trinajstić information content (AvgIpc) is 2.42. The Morgan fingerprint density at radius 1 is 1.32 bits per heavy atom. The van der Waals surface area contributed by atoms with Gasteiger partial charge in [0.25, 0.3) is 0 Å². The summed E-state index contributed by atoms with van der Waals surface area (Å²) in [4.78, 5) is 2.35. The van der Waals surface area contributed by atoms with Crippen LogP contribution in [0.15, 0.2) is 24.3 Å². The van der Waals surface area contributed by atoms with E-state index >= 15 is 0 Å². The molecule has 3 N–H and O–H groups in total. The summed E-state index contributed by atoms with van der Waals surface area (Å²) < 4.78 is 13.0. The number of nitrogens with zero attached hydrogens (tertiary/aromatic N) is 1. The largest absolute Gasteiger partial charge is 0.396 e. The molecule has 19 heavy (non-hydrogen) atoms. The number of aliphatic hydroxyl groups excluding tert-OH is 1. The Hall–Kier alpha value is -0.970. The molecule has 3 nitrogen and oxygen atoms in total. The first kappa shape index (κ1) is 14.4. The minimum absolute atomic E-state index is 0.00358. The molecule has 2 rings (SSSR count). The summed E-state index contributed by atoms with van der Waals surface area (Å²) in [5.74, 6) is 0.198. The van der Waals surface area contributed by atoms with Gasteiger partial charge in [0.1, 0.15) is 5.82 Å². The monoisotopic (exact) mass is 266 g/mol. The molecule has 0 amide bonds. The molecule has 2 unspecified atom stereocenters. The smallest absolute Gasteiger partial charge is 0.123 e. The van der Waals surface area contributed by atoms with Gasteiger partial charge in [0, 0.05) is 18.7 Å². The molecular weight excluding hydrogens is 243 g/mol. The molecule has 1 fully saturated rings. The summed E-state index contributed by atoms with van der Waals surface area (Å²) in [5, 5.41) is 9.19. The number of piperidine rings is 1. The van der Waals surface area contributed by atoms with E-state index in [2.05, 4.69) is 4.90 Å². The minimum atomic E-state index is -0.217. The van der Waals surface area contributed by atoms with Crippen molar-refractivity contribution in [2.75, 3.05) is 19.7 Å². The first-order chi connectivity index (χ1) is 9.11. The highest BCUT2D eigenvalue weighted by Gasteiger charge is 2.28. The summed E-state index contributed by atoms with van der Waals surface area (Å²) in [7, 11) is 0. The predicted molar refractivity (Wildman–Crippen MR) is 74.2 cm³/mol. The van der Waals surface area contributed by atoms with Gasteiger partial charge >= 0.3 is 0 Å². The molecule has 0 aliphatic carbocycles. The third-order valence-corrected chi connectivity index (χ3v) is 4.01. The molecule has 1 aromatic rings. The van der Waals surface area contributed by atoms with Gasteiger partial charge in [0.2, 0.25) is 0 Å². The van der Waals surface area contributed by atoms with Crippen LogP contribution in [-0.2, 0) is 0 Å². The summed E-state index contributed by atoms with van der Waals surface area (Å²) in [6.07, 6.45) is 2.00. The Labute approximate surface area is 114 Å². The Morgan fingerprint density at radius 2 is 1.89 bits per heavy atom. The van der Waals surface area contributed by atoms with Gasteiger partial charge in [-0.05, 0) is 56.5 Å². The maximum absolute atomic E-state index is 13.0. The van der Waals surface area contributed by atoms with Crippen LogP contribution in [0.25, 0.3) is 0 Å². The van der Waals surface area contributed by atoms with E-state index in [0.717, 1.165) is 31.5 Å². The zero-order valence-corrected chi connectivity index (χ0v) is 11.4. The van der Waals surface area contributed by atoms with E-state index in [-0.39, 0.29) is 24.5 Å². The van der Waals surface area contributed by atoms with Gasteiger partial charge in [0.15, 0.2) is 0 Å². The fraction of sp³-hybridized carbons (Fsp3) is 0.600. The fourth-order valence-electron chi connectivity index (χ4n) is 2.92. The number of nitrogens with two attached hydrogens (primary N) is 1. The third kappa shape index (κ3) is 3.53. The number of benzene rings is 1. The molecule has 0 radical (unpaired) electrons. The number of aliphatic hydroxyl groups is 1. The number of hydrogen-bond acceptors (Lipinski definition) is 3. The van der Waals surface area contributed by atoms with Crippen molar-refractivity contribution in [2.24, 2.45) is 11.7 Å². The lowest BCUT2D eigenvalue weighted by Crippen LogP contribution is -2.44. The van der Waals surface area contributed by atoms with Gasteiger partial charge in [-0.3, -0.25) is 4.90 Å². The number of halogens is 1. The van der Waals surface area contributed by atoms with Crippen LogP contribution < -0.4 is 5.73 Å². The quantitative estimate of drug-likeness (QED) is 0.875. The normalized spacial score (nSPS) is 21.3. The van der Waals surface area contributed by atoms with Gasteiger partial charge in [-0.1, -0.05) is 12.1 Å². The Bertz CT molecular complexity index is 386. The molecule has 1 aliphatic heterocycles. The Kier molecular flexibility index (Phi) is 4.91. The Morgan fingerprint density at radius 3 is 2.37 bits per heavy atom. The standard InChI is InChI=1S/C15H23FN2O/c1-11(17)15(13-2-4-14(16)5-3-13)18-8-6-12(10-19)7-9-18/h2-5,11-12,15,19H,6-10,17H2,1H3. The highest BCUT2D eigenvalue weighted by Crippen LogP contribution is 2.28. The van der Waals surface area contributed by atoms with Crippen molar-refractivity contribution in [1.29, 1.82) is 0 Å². The van der Waals surface area contributed by atoms with Gasteiger partial charge in [-0.15, -0.1) is 0 Å². The first-order valence-electron chi connectivity index (χ1n) is 6.97. The van der Waals surface area contributed by atoms with E-state index in [1.165, 1.54) is 12.1 Å². The van der Waals surface area contributed by atoms with Crippen molar-refractivity contribution in [3.05, 3.63) is 35.6 Å². The first-order valence-corrected chi connectivity index (χ1v) is 6.97. The second-order valence-corrected chi connectivity index (χ2v) is 5.52. The molecule has 1 heterocycles. The van der Waals surface area contributed by atoms with Crippen LogP contribution in [0, 0.1) is 11.7 Å². The van der Waals surface area contributed by atoms with Crippen molar-refractivity contribution < 1.29 is 9.50 Å². The summed E-state index contributed by atoms with van der Waals surface area (Å²) >= 11 is 0. The molecule has 1 aliphatic rings. The molecule has 0 spiro atoms. The molecule has 1 saturated heterocycles. The van der Waals surface area contributed by atoms with Crippen molar-refractivity contribution in [2.45, 2.75) is 31.8 Å². The number of likely N-dealkylation sites (tertiary alicyclic amines) is 1. The second-order valence-electron chi connectivity index (χ2n) is 5.52. The average molecular weight is 266 g/mol. The van der Waals surface area contributed by atoms with Crippen LogP contribution >= 0.6 is 0 Å². The summed E-state index contributed by atoms with van der Waals surface area (Å²) in [6.45, 7) is 4.14. The second kappa shape index (κ2) is 6.46. The molecule has 2 atom stereocenters. The fourth-order valence-corrected chi connectivity index (χ4v) is 2.92. The van der Waals surface area contributed by atoms with E-state index in [0.29, 0.717) is 5.92 Å².